The zero-order valence-electron chi connectivity index (χ0n) is 13.9. The minimum Gasteiger partial charge on any atom is -0.346 e. The molecule has 0 fully saturated rings. The van der Waals surface area contributed by atoms with E-state index >= 15 is 0 Å². The molecule has 0 radical (unpaired) electrons. The second-order valence-corrected chi connectivity index (χ2v) is 5.41. The van der Waals surface area contributed by atoms with Gasteiger partial charge in [0.15, 0.2) is 0 Å². The Morgan fingerprint density at radius 1 is 1.28 bits per heavy atom. The molecule has 2 aromatic heterocycles. The maximum atomic E-state index is 11.8. The van der Waals surface area contributed by atoms with E-state index in [0.29, 0.717) is 11.5 Å². The highest BCUT2D eigenvalue weighted by atomic mass is 35.5. The van der Waals surface area contributed by atoms with Crippen LogP contribution in [-0.4, -0.2) is 38.9 Å². The minimum atomic E-state index is -0.626. The Morgan fingerprint density at radius 2 is 2.00 bits per heavy atom. The van der Waals surface area contributed by atoms with Crippen molar-refractivity contribution in [3.63, 3.8) is 0 Å². The van der Waals surface area contributed by atoms with Crippen LogP contribution >= 0.6 is 24.8 Å². The maximum Gasteiger partial charge on any atom is 0.243 e. The summed E-state index contributed by atoms with van der Waals surface area (Å²) in [4.78, 5) is 31.7. The number of amides is 2. The van der Waals surface area contributed by atoms with Gasteiger partial charge >= 0.3 is 0 Å². The van der Waals surface area contributed by atoms with Crippen LogP contribution in [0.5, 0.6) is 0 Å². The maximum absolute atomic E-state index is 11.8. The number of halogens is 2. The molecule has 0 saturated heterocycles. The lowest BCUT2D eigenvalue weighted by atomic mass is 10.1. The van der Waals surface area contributed by atoms with Crippen LogP contribution in [-0.2, 0) is 9.59 Å². The van der Waals surface area contributed by atoms with E-state index in [0.717, 1.165) is 0 Å². The summed E-state index contributed by atoms with van der Waals surface area (Å²) >= 11 is 0. The highest BCUT2D eigenvalue weighted by molar-refractivity contribution is 5.95. The van der Waals surface area contributed by atoms with Gasteiger partial charge in [0.05, 0.1) is 24.5 Å². The molecular formula is C15H22Cl2N6O2. The Bertz CT molecular complexity index is 661. The van der Waals surface area contributed by atoms with Crippen molar-refractivity contribution in [2.45, 2.75) is 19.9 Å². The Hall–Kier alpha value is -2.16. The van der Waals surface area contributed by atoms with E-state index in [1.54, 1.807) is 35.4 Å². The summed E-state index contributed by atoms with van der Waals surface area (Å²) in [7, 11) is 0. The van der Waals surface area contributed by atoms with Gasteiger partial charge in [0.1, 0.15) is 12.1 Å². The van der Waals surface area contributed by atoms with E-state index < -0.39 is 6.04 Å². The molecule has 2 aromatic rings. The summed E-state index contributed by atoms with van der Waals surface area (Å²) in [6.45, 7) is 3.55. The van der Waals surface area contributed by atoms with Crippen molar-refractivity contribution in [2.24, 2.45) is 11.7 Å². The number of rotatable bonds is 6. The third-order valence-electron chi connectivity index (χ3n) is 3.24. The fourth-order valence-corrected chi connectivity index (χ4v) is 1.80. The number of hydrogen-bond donors (Lipinski definition) is 3. The quantitative estimate of drug-likeness (QED) is 0.686. The predicted octanol–water partition coefficient (Wildman–Crippen LogP) is 1.15. The molecule has 0 bridgehead atoms. The van der Waals surface area contributed by atoms with E-state index in [4.69, 9.17) is 5.73 Å². The van der Waals surface area contributed by atoms with Crippen molar-refractivity contribution in [2.75, 3.05) is 11.9 Å². The molecule has 4 N–H and O–H groups in total. The summed E-state index contributed by atoms with van der Waals surface area (Å²) < 4.78 is 1.75. The normalized spacial score (nSPS) is 11.0. The third kappa shape index (κ3) is 6.69. The van der Waals surface area contributed by atoms with Crippen LogP contribution in [0.1, 0.15) is 13.8 Å². The third-order valence-corrected chi connectivity index (χ3v) is 3.24. The molecule has 2 amide bonds. The molecule has 10 heteroatoms. The molecule has 2 heterocycles. The van der Waals surface area contributed by atoms with Crippen molar-refractivity contribution < 1.29 is 9.59 Å². The zero-order chi connectivity index (χ0) is 16.8. The molecule has 25 heavy (non-hydrogen) atoms. The highest BCUT2D eigenvalue weighted by Gasteiger charge is 2.17. The molecule has 0 spiro atoms. The van der Waals surface area contributed by atoms with E-state index in [9.17, 15) is 9.59 Å². The first-order valence-corrected chi connectivity index (χ1v) is 7.25. The van der Waals surface area contributed by atoms with Gasteiger partial charge in [-0.1, -0.05) is 13.8 Å². The molecule has 0 aliphatic heterocycles. The summed E-state index contributed by atoms with van der Waals surface area (Å²) in [6.07, 6.45) is 6.60. The SMILES string of the molecule is CC(C)[C@H](N)C(=O)NCC(=O)Nc1ccc(-n2ccnc2)nc1.Cl.Cl. The number of hydrogen-bond acceptors (Lipinski definition) is 5. The summed E-state index contributed by atoms with van der Waals surface area (Å²) in [5, 5.41) is 5.16. The molecule has 8 nitrogen and oxygen atoms in total. The van der Waals surface area contributed by atoms with Crippen molar-refractivity contribution in [1.29, 1.82) is 0 Å². The number of nitrogens with two attached hydrogens (primary N) is 1. The molecule has 0 aromatic carbocycles. The Labute approximate surface area is 158 Å². The summed E-state index contributed by atoms with van der Waals surface area (Å²) in [5.41, 5.74) is 6.24. The van der Waals surface area contributed by atoms with Crippen LogP contribution < -0.4 is 16.4 Å². The topological polar surface area (TPSA) is 115 Å². The van der Waals surface area contributed by atoms with E-state index in [2.05, 4.69) is 20.6 Å². The van der Waals surface area contributed by atoms with E-state index in [1.807, 2.05) is 13.8 Å². The van der Waals surface area contributed by atoms with Gasteiger partial charge in [0.2, 0.25) is 11.8 Å². The second-order valence-electron chi connectivity index (χ2n) is 5.41. The molecule has 0 saturated carbocycles. The molecule has 1 atom stereocenters. The fraction of sp³-hybridized carbons (Fsp3) is 0.333. The lowest BCUT2D eigenvalue weighted by molar-refractivity contribution is -0.125. The molecule has 0 aliphatic carbocycles. The number of anilines is 1. The summed E-state index contributed by atoms with van der Waals surface area (Å²) in [5.74, 6) is 0.0184. The van der Waals surface area contributed by atoms with Gasteiger partial charge in [0.25, 0.3) is 0 Å². The van der Waals surface area contributed by atoms with Gasteiger partial charge in [-0.05, 0) is 18.1 Å². The largest absolute Gasteiger partial charge is 0.346 e. The van der Waals surface area contributed by atoms with Crippen molar-refractivity contribution in [3.8, 4) is 5.82 Å². The molecule has 0 aliphatic rings. The minimum absolute atomic E-state index is 0. The first-order valence-electron chi connectivity index (χ1n) is 7.25. The van der Waals surface area contributed by atoms with Crippen molar-refractivity contribution >= 4 is 42.3 Å². The van der Waals surface area contributed by atoms with E-state index in [1.165, 1.54) is 6.20 Å². The molecule has 2 rings (SSSR count). The molecule has 0 unspecified atom stereocenters. The lowest BCUT2D eigenvalue weighted by Crippen LogP contribution is -2.46. The van der Waals surface area contributed by atoms with Crippen LogP contribution in [0, 0.1) is 5.92 Å². The Kier molecular flexibility index (Phi) is 9.73. The number of nitrogens with zero attached hydrogens (tertiary/aromatic N) is 3. The van der Waals surface area contributed by atoms with Gasteiger partial charge in [-0.2, -0.15) is 0 Å². The number of aromatic nitrogens is 3. The standard InChI is InChI=1S/C15H20N6O2.2ClH/c1-10(2)14(16)15(23)19-8-13(22)20-11-3-4-12(18-7-11)21-6-5-17-9-21;;/h3-7,9-10,14H,8,16H2,1-2H3,(H,19,23)(H,20,22);2*1H/t14-;;/m0../s1. The lowest BCUT2D eigenvalue weighted by Gasteiger charge is -2.15. The van der Waals surface area contributed by atoms with Crippen LogP contribution in [0.4, 0.5) is 5.69 Å². The first-order chi connectivity index (χ1) is 11.0. The van der Waals surface area contributed by atoms with Gasteiger partial charge < -0.3 is 16.4 Å². The average Bonchev–Trinajstić information content (AvgIpc) is 3.07. The number of pyridine rings is 1. The first kappa shape index (κ1) is 22.8. The van der Waals surface area contributed by atoms with Crippen LogP contribution in [0.15, 0.2) is 37.1 Å². The van der Waals surface area contributed by atoms with Gasteiger partial charge in [-0.3, -0.25) is 14.2 Å². The van der Waals surface area contributed by atoms with Gasteiger partial charge in [0, 0.05) is 12.4 Å². The van der Waals surface area contributed by atoms with Crippen LogP contribution in [0.25, 0.3) is 5.82 Å². The Balaban J connectivity index is 0.00000288. The monoisotopic (exact) mass is 388 g/mol. The van der Waals surface area contributed by atoms with Gasteiger partial charge in [-0.15, -0.1) is 24.8 Å². The average molecular weight is 389 g/mol. The molecular weight excluding hydrogens is 367 g/mol. The van der Waals surface area contributed by atoms with Crippen molar-refractivity contribution in [3.05, 3.63) is 37.1 Å². The number of nitrogens with one attached hydrogen (secondary N) is 2. The fourth-order valence-electron chi connectivity index (χ4n) is 1.80. The Morgan fingerprint density at radius 3 is 2.52 bits per heavy atom. The highest BCUT2D eigenvalue weighted by Crippen LogP contribution is 2.09. The van der Waals surface area contributed by atoms with Gasteiger partial charge in [-0.25, -0.2) is 9.97 Å². The number of imidazole rings is 1. The zero-order valence-corrected chi connectivity index (χ0v) is 15.5. The number of carbonyl (C=O) groups excluding carboxylic acids is 2. The number of carbonyl (C=O) groups is 2. The van der Waals surface area contributed by atoms with E-state index in [-0.39, 0.29) is 49.1 Å². The smallest absolute Gasteiger partial charge is 0.243 e. The summed E-state index contributed by atoms with van der Waals surface area (Å²) in [6, 6.07) is 2.85. The van der Waals surface area contributed by atoms with Crippen LogP contribution in [0.3, 0.4) is 0 Å². The second kappa shape index (κ2) is 10.7. The van der Waals surface area contributed by atoms with Crippen LogP contribution in [0.2, 0.25) is 0 Å². The van der Waals surface area contributed by atoms with Crippen molar-refractivity contribution in [1.82, 2.24) is 19.9 Å². The predicted molar refractivity (Wildman–Crippen MR) is 100 cm³/mol. The molecule has 138 valence electrons.